The molecule has 0 spiro atoms. The van der Waals surface area contributed by atoms with Gasteiger partial charge in [0.25, 0.3) is 11.5 Å². The molecular weight excluding hydrogens is 394 g/mol. The summed E-state index contributed by atoms with van der Waals surface area (Å²) in [5.41, 5.74) is 1.26. The lowest BCUT2D eigenvalue weighted by molar-refractivity contribution is -0.118. The van der Waals surface area contributed by atoms with Crippen LogP contribution in [0.4, 0.5) is 5.69 Å². The van der Waals surface area contributed by atoms with Crippen LogP contribution < -0.4 is 10.9 Å². The molecule has 0 saturated heterocycles. The molecule has 1 unspecified atom stereocenters. The first kappa shape index (κ1) is 20.0. The van der Waals surface area contributed by atoms with Crippen LogP contribution in [0.5, 0.6) is 0 Å². The zero-order chi connectivity index (χ0) is 22.0. The van der Waals surface area contributed by atoms with Gasteiger partial charge in [-0.25, -0.2) is 9.48 Å². The van der Waals surface area contributed by atoms with Crippen molar-refractivity contribution >= 4 is 28.3 Å². The summed E-state index contributed by atoms with van der Waals surface area (Å²) in [4.78, 5) is 38.4. The third-order valence-electron chi connectivity index (χ3n) is 4.96. The van der Waals surface area contributed by atoms with Crippen molar-refractivity contribution in [2.45, 2.75) is 13.0 Å². The summed E-state index contributed by atoms with van der Waals surface area (Å²) in [5.74, 6) is -1.79. The first-order valence-corrected chi connectivity index (χ1v) is 9.63. The van der Waals surface area contributed by atoms with Crippen molar-refractivity contribution in [2.24, 2.45) is 0 Å². The van der Waals surface area contributed by atoms with Crippen molar-refractivity contribution < 1.29 is 14.7 Å². The standard InChI is InChI=1S/C24H19N3O4/c1-15-11-13-17(14-12-15)25-22(28)21(16-7-3-2-4-8-16)27-23(29)19-10-6-5-9-18(19)20(26-27)24(30)31/h2-14,21H,1H3,(H,25,28)(H,30,31). The smallest absolute Gasteiger partial charge is 0.357 e. The van der Waals surface area contributed by atoms with Gasteiger partial charge in [-0.1, -0.05) is 66.2 Å². The van der Waals surface area contributed by atoms with E-state index in [0.717, 1.165) is 10.2 Å². The molecule has 154 valence electrons. The van der Waals surface area contributed by atoms with E-state index in [-0.39, 0.29) is 16.5 Å². The molecule has 0 aliphatic carbocycles. The zero-order valence-electron chi connectivity index (χ0n) is 16.6. The average Bonchev–Trinajstić information content (AvgIpc) is 2.78. The molecule has 1 amide bonds. The summed E-state index contributed by atoms with van der Waals surface area (Å²) in [7, 11) is 0. The summed E-state index contributed by atoms with van der Waals surface area (Å²) in [5, 5.41) is 17.0. The number of aryl methyl sites for hydroxylation is 1. The maximum Gasteiger partial charge on any atom is 0.357 e. The fourth-order valence-corrected chi connectivity index (χ4v) is 3.43. The van der Waals surface area contributed by atoms with Crippen molar-refractivity contribution in [2.75, 3.05) is 5.32 Å². The number of nitrogens with one attached hydrogen (secondary N) is 1. The van der Waals surface area contributed by atoms with Crippen LogP contribution in [0.15, 0.2) is 83.7 Å². The molecule has 1 atom stereocenters. The molecule has 0 bridgehead atoms. The summed E-state index contributed by atoms with van der Waals surface area (Å²) >= 11 is 0. The van der Waals surface area contributed by atoms with Crippen molar-refractivity contribution in [3.8, 4) is 0 Å². The van der Waals surface area contributed by atoms with Crippen LogP contribution in [0.3, 0.4) is 0 Å². The summed E-state index contributed by atoms with van der Waals surface area (Å²) < 4.78 is 0.949. The molecule has 4 rings (SSSR count). The van der Waals surface area contributed by atoms with Crippen LogP contribution in [0.1, 0.15) is 27.7 Å². The second-order valence-electron chi connectivity index (χ2n) is 7.12. The maximum atomic E-state index is 13.3. The number of fused-ring (bicyclic) bond motifs is 1. The fourth-order valence-electron chi connectivity index (χ4n) is 3.43. The van der Waals surface area contributed by atoms with Gasteiger partial charge in [-0.2, -0.15) is 5.10 Å². The molecule has 0 aliphatic heterocycles. The number of rotatable bonds is 5. The molecule has 0 radical (unpaired) electrons. The van der Waals surface area contributed by atoms with Crippen LogP contribution in [-0.4, -0.2) is 26.8 Å². The average molecular weight is 413 g/mol. The maximum absolute atomic E-state index is 13.3. The van der Waals surface area contributed by atoms with E-state index < -0.39 is 23.5 Å². The van der Waals surface area contributed by atoms with Gasteiger partial charge in [-0.3, -0.25) is 9.59 Å². The van der Waals surface area contributed by atoms with Gasteiger partial charge in [0.2, 0.25) is 0 Å². The molecule has 0 saturated carbocycles. The molecule has 0 fully saturated rings. The highest BCUT2D eigenvalue weighted by molar-refractivity contribution is 6.01. The number of carboxylic acid groups (broad SMARTS) is 1. The predicted octanol–water partition coefficient (Wildman–Crippen LogP) is 3.63. The largest absolute Gasteiger partial charge is 0.476 e. The van der Waals surface area contributed by atoms with Gasteiger partial charge in [0, 0.05) is 11.1 Å². The second kappa shape index (κ2) is 8.23. The Bertz CT molecular complexity index is 1330. The van der Waals surface area contributed by atoms with E-state index >= 15 is 0 Å². The molecule has 4 aromatic rings. The molecule has 31 heavy (non-hydrogen) atoms. The van der Waals surface area contributed by atoms with E-state index in [2.05, 4.69) is 10.4 Å². The van der Waals surface area contributed by atoms with Gasteiger partial charge in [-0.15, -0.1) is 0 Å². The molecule has 0 aliphatic rings. The Hall–Kier alpha value is -4.26. The van der Waals surface area contributed by atoms with Gasteiger partial charge >= 0.3 is 5.97 Å². The Labute approximate surface area is 177 Å². The Balaban J connectivity index is 1.90. The second-order valence-corrected chi connectivity index (χ2v) is 7.12. The van der Waals surface area contributed by atoms with Crippen molar-refractivity contribution in [3.05, 3.63) is 106 Å². The Kier molecular flexibility index (Phi) is 5.32. The number of aromatic nitrogens is 2. The van der Waals surface area contributed by atoms with E-state index in [4.69, 9.17) is 0 Å². The monoisotopic (exact) mass is 413 g/mol. The van der Waals surface area contributed by atoms with Crippen LogP contribution >= 0.6 is 0 Å². The lowest BCUT2D eigenvalue weighted by Crippen LogP contribution is -2.37. The Morgan fingerprint density at radius 2 is 1.52 bits per heavy atom. The number of hydrogen-bond acceptors (Lipinski definition) is 4. The highest BCUT2D eigenvalue weighted by Crippen LogP contribution is 2.22. The highest BCUT2D eigenvalue weighted by Gasteiger charge is 2.28. The van der Waals surface area contributed by atoms with Gasteiger partial charge in [0.1, 0.15) is 0 Å². The van der Waals surface area contributed by atoms with Gasteiger partial charge in [0.15, 0.2) is 11.7 Å². The van der Waals surface area contributed by atoms with Crippen LogP contribution in [0, 0.1) is 6.92 Å². The van der Waals surface area contributed by atoms with Crippen LogP contribution in [-0.2, 0) is 4.79 Å². The first-order valence-electron chi connectivity index (χ1n) is 9.63. The lowest BCUT2D eigenvalue weighted by Gasteiger charge is -2.20. The Morgan fingerprint density at radius 1 is 0.903 bits per heavy atom. The predicted molar refractivity (Wildman–Crippen MR) is 117 cm³/mol. The third-order valence-corrected chi connectivity index (χ3v) is 4.96. The number of aromatic carboxylic acids is 1. The van der Waals surface area contributed by atoms with Crippen LogP contribution in [0.25, 0.3) is 10.8 Å². The highest BCUT2D eigenvalue weighted by atomic mass is 16.4. The number of anilines is 1. The summed E-state index contributed by atoms with van der Waals surface area (Å²) in [6.45, 7) is 1.93. The van der Waals surface area contributed by atoms with E-state index in [1.54, 1.807) is 54.6 Å². The summed E-state index contributed by atoms with van der Waals surface area (Å²) in [6, 6.07) is 21.1. The molecule has 1 heterocycles. The lowest BCUT2D eigenvalue weighted by atomic mass is 10.1. The minimum Gasteiger partial charge on any atom is -0.476 e. The molecule has 7 nitrogen and oxygen atoms in total. The number of carboxylic acids is 1. The molecule has 3 aromatic carbocycles. The molecule has 7 heteroatoms. The van der Waals surface area contributed by atoms with E-state index in [1.807, 2.05) is 19.1 Å². The number of carbonyl (C=O) groups is 2. The van der Waals surface area contributed by atoms with Gasteiger partial charge < -0.3 is 10.4 Å². The van der Waals surface area contributed by atoms with E-state index in [1.165, 1.54) is 12.1 Å². The number of nitrogens with zero attached hydrogens (tertiary/aromatic N) is 2. The number of benzene rings is 3. The van der Waals surface area contributed by atoms with Crippen molar-refractivity contribution in [1.82, 2.24) is 9.78 Å². The number of hydrogen-bond donors (Lipinski definition) is 2. The van der Waals surface area contributed by atoms with E-state index in [9.17, 15) is 19.5 Å². The quantitative estimate of drug-likeness (QED) is 0.520. The number of amides is 1. The van der Waals surface area contributed by atoms with E-state index in [0.29, 0.717) is 11.3 Å². The summed E-state index contributed by atoms with van der Waals surface area (Å²) in [6.07, 6.45) is 0. The number of carbonyl (C=O) groups excluding carboxylic acids is 1. The Morgan fingerprint density at radius 3 is 2.16 bits per heavy atom. The SMILES string of the molecule is Cc1ccc(NC(=O)C(c2ccccc2)n2nc(C(=O)O)c3ccccc3c2=O)cc1. The van der Waals surface area contributed by atoms with Crippen LogP contribution in [0.2, 0.25) is 0 Å². The molecule has 1 aromatic heterocycles. The van der Waals surface area contributed by atoms with Crippen molar-refractivity contribution in [1.29, 1.82) is 0 Å². The first-order chi connectivity index (χ1) is 15.0. The normalized spacial score (nSPS) is 11.8. The van der Waals surface area contributed by atoms with Crippen molar-refractivity contribution in [3.63, 3.8) is 0 Å². The molecule has 2 N–H and O–H groups in total. The minimum absolute atomic E-state index is 0.180. The topological polar surface area (TPSA) is 101 Å². The zero-order valence-corrected chi connectivity index (χ0v) is 16.6. The fraction of sp³-hybridized carbons (Fsp3) is 0.0833. The van der Waals surface area contributed by atoms with Gasteiger partial charge in [-0.05, 0) is 30.7 Å². The minimum atomic E-state index is -1.28. The third kappa shape index (κ3) is 3.93. The van der Waals surface area contributed by atoms with Gasteiger partial charge in [0.05, 0.1) is 5.39 Å². The molecular formula is C24H19N3O4.